The lowest BCUT2D eigenvalue weighted by Crippen LogP contribution is -1.95. The van der Waals surface area contributed by atoms with Crippen LogP contribution in [0.1, 0.15) is 0 Å². The number of nitrogens with zero attached hydrogens (tertiary/aromatic N) is 4. The third-order valence-electron chi connectivity index (χ3n) is 2.55. The van der Waals surface area contributed by atoms with Gasteiger partial charge in [0.2, 0.25) is 0 Å². The number of hydrogen-bond donors (Lipinski definition) is 0. The highest BCUT2D eigenvalue weighted by atomic mass is 35.5. The molecule has 0 fully saturated rings. The molecule has 0 amide bonds. The van der Waals surface area contributed by atoms with Gasteiger partial charge < -0.3 is 4.74 Å². The summed E-state index contributed by atoms with van der Waals surface area (Å²) in [5, 5.41) is 12.0. The first-order valence-electron chi connectivity index (χ1n) is 5.69. The highest BCUT2D eigenvalue weighted by Gasteiger charge is 2.07. The van der Waals surface area contributed by atoms with Crippen LogP contribution in [-0.4, -0.2) is 20.2 Å². The molecule has 0 aliphatic carbocycles. The van der Waals surface area contributed by atoms with Crippen LogP contribution in [0, 0.1) is 0 Å². The first-order valence-corrected chi connectivity index (χ1v) is 6.44. The number of aromatic nitrogens is 4. The van der Waals surface area contributed by atoms with Crippen LogP contribution in [0.3, 0.4) is 0 Å². The molecule has 0 saturated carbocycles. The normalized spacial score (nSPS) is 10.5. The fourth-order valence-electron chi connectivity index (χ4n) is 1.65. The zero-order chi connectivity index (χ0) is 13.9. The molecule has 0 spiro atoms. The van der Waals surface area contributed by atoms with Gasteiger partial charge in [0.05, 0.1) is 10.7 Å². The Hall–Kier alpha value is -2.11. The van der Waals surface area contributed by atoms with Gasteiger partial charge in [-0.15, -0.1) is 5.10 Å². The molecule has 20 heavy (non-hydrogen) atoms. The second-order valence-electron chi connectivity index (χ2n) is 3.93. The molecule has 0 aliphatic rings. The van der Waals surface area contributed by atoms with E-state index < -0.39 is 0 Å². The molecule has 0 unspecified atom stereocenters. The molecule has 1 aromatic heterocycles. The Kier molecular flexibility index (Phi) is 3.54. The van der Waals surface area contributed by atoms with Gasteiger partial charge in [-0.1, -0.05) is 29.3 Å². The van der Waals surface area contributed by atoms with Crippen LogP contribution in [0.15, 0.2) is 48.8 Å². The van der Waals surface area contributed by atoms with Gasteiger partial charge in [0, 0.05) is 5.02 Å². The summed E-state index contributed by atoms with van der Waals surface area (Å²) < 4.78 is 7.19. The number of halogens is 2. The summed E-state index contributed by atoms with van der Waals surface area (Å²) >= 11 is 12.1. The van der Waals surface area contributed by atoms with E-state index in [1.807, 2.05) is 6.07 Å². The fraction of sp³-hybridized carbons (Fsp3) is 0. The largest absolute Gasteiger partial charge is 0.456 e. The van der Waals surface area contributed by atoms with Gasteiger partial charge in [0.1, 0.15) is 17.8 Å². The van der Waals surface area contributed by atoms with Gasteiger partial charge in [-0.3, -0.25) is 0 Å². The molecule has 0 bridgehead atoms. The van der Waals surface area contributed by atoms with Crippen molar-refractivity contribution < 1.29 is 4.74 Å². The molecule has 100 valence electrons. The van der Waals surface area contributed by atoms with Crippen LogP contribution in [0.5, 0.6) is 11.5 Å². The molecule has 7 heteroatoms. The standard InChI is InChI=1S/C13H8Cl2N4O/c14-9-2-1-3-11(6-9)20-13-5-4-10(7-12(13)15)19-8-16-17-18-19/h1-8H. The Morgan fingerprint density at radius 1 is 1.05 bits per heavy atom. The Balaban J connectivity index is 1.88. The lowest BCUT2D eigenvalue weighted by Gasteiger charge is -2.09. The van der Waals surface area contributed by atoms with Crippen molar-refractivity contribution in [1.82, 2.24) is 20.2 Å². The highest BCUT2D eigenvalue weighted by Crippen LogP contribution is 2.31. The third kappa shape index (κ3) is 2.74. The minimum absolute atomic E-state index is 0.456. The third-order valence-corrected chi connectivity index (χ3v) is 3.08. The molecule has 3 rings (SSSR count). The number of benzene rings is 2. The minimum Gasteiger partial charge on any atom is -0.456 e. The molecule has 2 aromatic carbocycles. The molecule has 0 aliphatic heterocycles. The Morgan fingerprint density at radius 2 is 1.95 bits per heavy atom. The summed E-state index contributed by atoms with van der Waals surface area (Å²) in [7, 11) is 0. The monoisotopic (exact) mass is 306 g/mol. The van der Waals surface area contributed by atoms with Crippen molar-refractivity contribution >= 4 is 23.2 Å². The van der Waals surface area contributed by atoms with Gasteiger partial charge in [0.25, 0.3) is 0 Å². The molecule has 0 atom stereocenters. The van der Waals surface area contributed by atoms with E-state index in [0.717, 1.165) is 5.69 Å². The maximum Gasteiger partial charge on any atom is 0.146 e. The van der Waals surface area contributed by atoms with Crippen LogP contribution < -0.4 is 4.74 Å². The zero-order valence-corrected chi connectivity index (χ0v) is 11.6. The molecule has 5 nitrogen and oxygen atoms in total. The number of ether oxygens (including phenoxy) is 1. The van der Waals surface area contributed by atoms with Crippen LogP contribution in [0.25, 0.3) is 5.69 Å². The van der Waals surface area contributed by atoms with Crippen molar-refractivity contribution in [1.29, 1.82) is 0 Å². The Morgan fingerprint density at radius 3 is 2.65 bits per heavy atom. The lowest BCUT2D eigenvalue weighted by atomic mass is 10.3. The van der Waals surface area contributed by atoms with Crippen LogP contribution in [0.4, 0.5) is 0 Å². The SMILES string of the molecule is Clc1cccc(Oc2ccc(-n3cnnn3)cc2Cl)c1. The van der Waals surface area contributed by atoms with Crippen LogP contribution in [0.2, 0.25) is 10.0 Å². The molecule has 0 radical (unpaired) electrons. The van der Waals surface area contributed by atoms with Crippen LogP contribution >= 0.6 is 23.2 Å². The van der Waals surface area contributed by atoms with E-state index in [2.05, 4.69) is 15.5 Å². The average Bonchev–Trinajstić information content (AvgIpc) is 2.95. The fourth-order valence-corrected chi connectivity index (χ4v) is 2.05. The Bertz CT molecular complexity index is 731. The van der Waals surface area contributed by atoms with Gasteiger partial charge >= 0.3 is 0 Å². The summed E-state index contributed by atoms with van der Waals surface area (Å²) in [6, 6.07) is 12.4. The topological polar surface area (TPSA) is 52.8 Å². The first kappa shape index (κ1) is 12.9. The van der Waals surface area contributed by atoms with Gasteiger partial charge in [-0.25, -0.2) is 4.68 Å². The maximum absolute atomic E-state index is 6.20. The number of hydrogen-bond acceptors (Lipinski definition) is 4. The summed E-state index contributed by atoms with van der Waals surface area (Å²) in [6.07, 6.45) is 1.49. The maximum atomic E-state index is 6.20. The van der Waals surface area contributed by atoms with E-state index in [1.165, 1.54) is 11.0 Å². The van der Waals surface area contributed by atoms with E-state index in [9.17, 15) is 0 Å². The van der Waals surface area contributed by atoms with E-state index >= 15 is 0 Å². The second kappa shape index (κ2) is 5.48. The second-order valence-corrected chi connectivity index (χ2v) is 4.77. The van der Waals surface area contributed by atoms with Crippen molar-refractivity contribution in [2.75, 3.05) is 0 Å². The van der Waals surface area contributed by atoms with E-state index in [4.69, 9.17) is 27.9 Å². The average molecular weight is 307 g/mol. The zero-order valence-electron chi connectivity index (χ0n) is 10.1. The molecule has 3 aromatic rings. The van der Waals surface area contributed by atoms with E-state index in [1.54, 1.807) is 36.4 Å². The summed E-state index contributed by atoms with van der Waals surface area (Å²) in [5.74, 6) is 1.15. The summed E-state index contributed by atoms with van der Waals surface area (Å²) in [5.41, 5.74) is 0.749. The van der Waals surface area contributed by atoms with Crippen molar-refractivity contribution in [3.63, 3.8) is 0 Å². The highest BCUT2D eigenvalue weighted by molar-refractivity contribution is 6.32. The summed E-state index contributed by atoms with van der Waals surface area (Å²) in [4.78, 5) is 0. The van der Waals surface area contributed by atoms with Gasteiger partial charge in [-0.2, -0.15) is 0 Å². The quantitative estimate of drug-likeness (QED) is 0.739. The van der Waals surface area contributed by atoms with Gasteiger partial charge in [0.15, 0.2) is 0 Å². The van der Waals surface area contributed by atoms with Crippen LogP contribution in [-0.2, 0) is 0 Å². The number of tetrazole rings is 1. The number of rotatable bonds is 3. The first-order chi connectivity index (χ1) is 9.72. The molecule has 0 saturated heterocycles. The molecule has 1 heterocycles. The molecular weight excluding hydrogens is 299 g/mol. The van der Waals surface area contributed by atoms with E-state index in [-0.39, 0.29) is 0 Å². The van der Waals surface area contributed by atoms with Crippen molar-refractivity contribution in [2.45, 2.75) is 0 Å². The molecule has 0 N–H and O–H groups in total. The van der Waals surface area contributed by atoms with Gasteiger partial charge in [-0.05, 0) is 46.8 Å². The summed E-state index contributed by atoms with van der Waals surface area (Å²) in [6.45, 7) is 0. The van der Waals surface area contributed by atoms with Crippen molar-refractivity contribution in [3.05, 3.63) is 58.8 Å². The van der Waals surface area contributed by atoms with E-state index in [0.29, 0.717) is 21.5 Å². The minimum atomic E-state index is 0.456. The van der Waals surface area contributed by atoms with Crippen molar-refractivity contribution in [3.8, 4) is 17.2 Å². The van der Waals surface area contributed by atoms with Crippen molar-refractivity contribution in [2.24, 2.45) is 0 Å². The predicted molar refractivity (Wildman–Crippen MR) is 75.7 cm³/mol. The smallest absolute Gasteiger partial charge is 0.146 e. The lowest BCUT2D eigenvalue weighted by molar-refractivity contribution is 0.483. The molecular formula is C13H8Cl2N4O. The Labute approximate surface area is 124 Å². The predicted octanol–water partition coefficient (Wildman–Crippen LogP) is 3.76.